The third-order valence-corrected chi connectivity index (χ3v) is 6.80. The van der Waals surface area contributed by atoms with Crippen LogP contribution in [-0.4, -0.2) is 64.3 Å². The fourth-order valence-electron chi connectivity index (χ4n) is 3.84. The normalized spacial score (nSPS) is 16.5. The summed E-state index contributed by atoms with van der Waals surface area (Å²) in [5.74, 6) is 0.539. The highest BCUT2D eigenvalue weighted by Gasteiger charge is 2.24. The van der Waals surface area contributed by atoms with Gasteiger partial charge >= 0.3 is 0 Å². The summed E-state index contributed by atoms with van der Waals surface area (Å²) < 4.78 is 50.6. The van der Waals surface area contributed by atoms with E-state index in [0.29, 0.717) is 36.2 Å². The minimum Gasteiger partial charge on any atom is -0.479 e. The molecule has 0 saturated carbocycles. The molecule has 33 heavy (non-hydrogen) atoms. The number of rotatable bonds is 6. The number of fused-ring (bicyclic) bond motifs is 1. The van der Waals surface area contributed by atoms with Crippen molar-refractivity contribution in [3.63, 3.8) is 0 Å². The second-order valence-corrected chi connectivity index (χ2v) is 9.33. The predicted octanol–water partition coefficient (Wildman–Crippen LogP) is 1.91. The van der Waals surface area contributed by atoms with Gasteiger partial charge in [0, 0.05) is 49.7 Å². The molecule has 0 amide bonds. The molecule has 0 aliphatic carbocycles. The van der Waals surface area contributed by atoms with E-state index >= 15 is 0 Å². The molecule has 0 radical (unpaired) electrons. The molecule has 0 spiro atoms. The summed E-state index contributed by atoms with van der Waals surface area (Å²) in [5.41, 5.74) is 1.51. The van der Waals surface area contributed by atoms with Crippen molar-refractivity contribution in [2.24, 2.45) is 7.05 Å². The Morgan fingerprint density at radius 2 is 2.06 bits per heavy atom. The smallest absolute Gasteiger partial charge is 0.265 e. The van der Waals surface area contributed by atoms with Crippen LogP contribution in [0.3, 0.4) is 0 Å². The molecule has 13 heteroatoms. The van der Waals surface area contributed by atoms with E-state index in [1.54, 1.807) is 37.8 Å². The van der Waals surface area contributed by atoms with Gasteiger partial charge in [0.2, 0.25) is 5.88 Å². The lowest BCUT2D eigenvalue weighted by molar-refractivity contribution is 0.364. The van der Waals surface area contributed by atoms with Gasteiger partial charge in [-0.1, -0.05) is 0 Å². The van der Waals surface area contributed by atoms with E-state index in [9.17, 15) is 12.8 Å². The number of anilines is 2. The summed E-state index contributed by atoms with van der Waals surface area (Å²) in [5, 5.41) is 8.98. The van der Waals surface area contributed by atoms with E-state index in [4.69, 9.17) is 4.74 Å². The summed E-state index contributed by atoms with van der Waals surface area (Å²) in [6.45, 7) is 0.935. The first-order chi connectivity index (χ1) is 15.9. The topological polar surface area (TPSA) is 120 Å². The number of sulfonamides is 1. The predicted molar refractivity (Wildman–Crippen MR) is 119 cm³/mol. The van der Waals surface area contributed by atoms with Gasteiger partial charge in [-0.15, -0.1) is 0 Å². The molecule has 0 bridgehead atoms. The van der Waals surface area contributed by atoms with Crippen molar-refractivity contribution >= 4 is 32.3 Å². The zero-order valence-corrected chi connectivity index (χ0v) is 18.7. The van der Waals surface area contributed by atoms with Gasteiger partial charge in [0.05, 0.1) is 31.2 Å². The first kappa shape index (κ1) is 21.1. The van der Waals surface area contributed by atoms with Crippen LogP contribution in [0, 0.1) is 0 Å². The second-order valence-electron chi connectivity index (χ2n) is 7.64. The molecule has 1 aliphatic rings. The number of methoxy groups -OCH3 is 1. The quantitative estimate of drug-likeness (QED) is 0.452. The van der Waals surface area contributed by atoms with E-state index < -0.39 is 16.2 Å². The highest BCUT2D eigenvalue weighted by molar-refractivity contribution is 7.92. The molecule has 1 N–H and O–H groups in total. The Bertz CT molecular complexity index is 1430. The minimum atomic E-state index is -4.03. The Kier molecular flexibility index (Phi) is 5.12. The fourth-order valence-corrected chi connectivity index (χ4v) is 4.84. The van der Waals surface area contributed by atoms with Crippen LogP contribution >= 0.6 is 0 Å². The molecular formula is C20H21FN8O3S. The molecule has 0 unspecified atom stereocenters. The number of aryl methyl sites for hydroxylation is 1. The van der Waals surface area contributed by atoms with Crippen molar-refractivity contribution < 1.29 is 17.5 Å². The zero-order valence-electron chi connectivity index (χ0n) is 17.9. The van der Waals surface area contributed by atoms with Crippen LogP contribution in [-0.2, 0) is 17.1 Å². The largest absolute Gasteiger partial charge is 0.479 e. The van der Waals surface area contributed by atoms with Gasteiger partial charge in [0.25, 0.3) is 10.0 Å². The lowest BCUT2D eigenvalue weighted by atomic mass is 10.3. The molecule has 11 nitrogen and oxygen atoms in total. The van der Waals surface area contributed by atoms with Crippen LogP contribution in [0.5, 0.6) is 5.88 Å². The minimum absolute atomic E-state index is 0.0686. The fraction of sp³-hybridized carbons (Fsp3) is 0.300. The number of halogens is 1. The van der Waals surface area contributed by atoms with Crippen LogP contribution in [0.4, 0.5) is 15.8 Å². The third-order valence-electron chi connectivity index (χ3n) is 5.50. The van der Waals surface area contributed by atoms with Gasteiger partial charge in [-0.25, -0.2) is 27.5 Å². The summed E-state index contributed by atoms with van der Waals surface area (Å²) in [6, 6.07) is 3.54. The van der Waals surface area contributed by atoms with Crippen LogP contribution < -0.4 is 14.4 Å². The molecule has 1 saturated heterocycles. The SMILES string of the molecule is COc1ncc2cnn(C)c2c1NS(=O)(=O)c1cnn(-c2cc(N3CC[C@@H](F)C3)ccn2)c1. The second kappa shape index (κ2) is 7.99. The maximum absolute atomic E-state index is 13.6. The van der Waals surface area contributed by atoms with Crippen molar-refractivity contribution in [3.8, 4) is 11.7 Å². The Balaban J connectivity index is 1.46. The van der Waals surface area contributed by atoms with Crippen LogP contribution in [0.1, 0.15) is 6.42 Å². The monoisotopic (exact) mass is 472 g/mol. The molecule has 5 rings (SSSR count). The molecule has 4 aromatic rings. The Morgan fingerprint density at radius 1 is 1.21 bits per heavy atom. The molecule has 1 atom stereocenters. The number of pyridine rings is 2. The molecule has 4 aromatic heterocycles. The number of nitrogens with zero attached hydrogens (tertiary/aromatic N) is 7. The Hall–Kier alpha value is -3.74. The number of ether oxygens (including phenoxy) is 1. The summed E-state index contributed by atoms with van der Waals surface area (Å²) in [4.78, 5) is 10.3. The summed E-state index contributed by atoms with van der Waals surface area (Å²) >= 11 is 0. The van der Waals surface area contributed by atoms with Gasteiger partial charge in [0.15, 0.2) is 5.82 Å². The van der Waals surface area contributed by atoms with Gasteiger partial charge in [0.1, 0.15) is 16.8 Å². The Morgan fingerprint density at radius 3 is 2.82 bits per heavy atom. The maximum Gasteiger partial charge on any atom is 0.265 e. The number of aromatic nitrogens is 6. The number of hydrogen-bond donors (Lipinski definition) is 1. The van der Waals surface area contributed by atoms with Crippen LogP contribution in [0.15, 0.2) is 48.0 Å². The first-order valence-electron chi connectivity index (χ1n) is 10.1. The molecule has 5 heterocycles. The van der Waals surface area contributed by atoms with Crippen LogP contribution in [0.25, 0.3) is 16.7 Å². The van der Waals surface area contributed by atoms with Gasteiger partial charge in [-0.05, 0) is 12.5 Å². The molecule has 0 aromatic carbocycles. The van der Waals surface area contributed by atoms with Crippen molar-refractivity contribution in [1.82, 2.24) is 29.5 Å². The molecule has 1 fully saturated rings. The zero-order chi connectivity index (χ0) is 23.2. The van der Waals surface area contributed by atoms with E-state index in [1.165, 1.54) is 28.9 Å². The van der Waals surface area contributed by atoms with Crippen molar-refractivity contribution in [3.05, 3.63) is 43.1 Å². The Labute approximate surface area is 188 Å². The van der Waals surface area contributed by atoms with Crippen molar-refractivity contribution in [2.45, 2.75) is 17.5 Å². The average molecular weight is 473 g/mol. The number of nitrogens with one attached hydrogen (secondary N) is 1. The maximum atomic E-state index is 13.6. The highest BCUT2D eigenvalue weighted by atomic mass is 32.2. The lowest BCUT2D eigenvalue weighted by Crippen LogP contribution is -2.20. The molecule has 1 aliphatic heterocycles. The third kappa shape index (κ3) is 3.84. The highest BCUT2D eigenvalue weighted by Crippen LogP contribution is 2.32. The van der Waals surface area contributed by atoms with Gasteiger partial charge in [-0.3, -0.25) is 9.40 Å². The standard InChI is InChI=1S/C20H21FN8O3S/c1-27-19-13(9-24-27)8-23-20(32-2)18(19)26-33(30,31)16-10-25-29(12-16)17-7-15(3-5-22-17)28-6-4-14(21)11-28/h3,5,7-10,12,14,26H,4,6,11H2,1-2H3/t14-/m1/s1. The summed E-state index contributed by atoms with van der Waals surface area (Å²) in [6.07, 6.45) is 6.94. The van der Waals surface area contributed by atoms with Crippen LogP contribution in [0.2, 0.25) is 0 Å². The van der Waals surface area contributed by atoms with Gasteiger partial charge in [-0.2, -0.15) is 10.2 Å². The van der Waals surface area contributed by atoms with E-state index in [1.807, 2.05) is 4.90 Å². The molecular weight excluding hydrogens is 451 g/mol. The van der Waals surface area contributed by atoms with Crippen molar-refractivity contribution in [1.29, 1.82) is 0 Å². The number of alkyl halides is 1. The van der Waals surface area contributed by atoms with E-state index in [0.717, 1.165) is 5.69 Å². The summed E-state index contributed by atoms with van der Waals surface area (Å²) in [7, 11) is -0.931. The first-order valence-corrected chi connectivity index (χ1v) is 11.6. The average Bonchev–Trinajstić information content (AvgIpc) is 3.54. The van der Waals surface area contributed by atoms with E-state index in [2.05, 4.69) is 24.9 Å². The van der Waals surface area contributed by atoms with Crippen molar-refractivity contribution in [2.75, 3.05) is 29.8 Å². The van der Waals surface area contributed by atoms with E-state index in [-0.39, 0.29) is 16.5 Å². The van der Waals surface area contributed by atoms with Gasteiger partial charge < -0.3 is 9.64 Å². The molecule has 172 valence electrons. The number of hydrogen-bond acceptors (Lipinski definition) is 8. The lowest BCUT2D eigenvalue weighted by Gasteiger charge is -2.17.